The smallest absolute Gasteiger partial charge is 0.187 e. The Kier molecular flexibility index (Phi) is 5.20. The Bertz CT molecular complexity index is 1070. The number of imidazole rings is 1. The van der Waals surface area contributed by atoms with Crippen molar-refractivity contribution in [3.05, 3.63) is 65.3 Å². The first kappa shape index (κ1) is 18.3. The van der Waals surface area contributed by atoms with E-state index >= 15 is 0 Å². The Balaban J connectivity index is 0.00000196. The fraction of sp³-hybridized carbons (Fsp3) is 0.105. The van der Waals surface area contributed by atoms with E-state index in [1.54, 1.807) is 18.3 Å². The highest BCUT2D eigenvalue weighted by Crippen LogP contribution is 2.29. The molecular weight excluding hydrogens is 412 g/mol. The van der Waals surface area contributed by atoms with Gasteiger partial charge in [0.15, 0.2) is 10.9 Å². The predicted molar refractivity (Wildman–Crippen MR) is 111 cm³/mol. The average Bonchev–Trinajstić information content (AvgIpc) is 3.18. The van der Waals surface area contributed by atoms with Crippen LogP contribution in [0.3, 0.4) is 0 Å². The van der Waals surface area contributed by atoms with Crippen molar-refractivity contribution in [1.82, 2.24) is 14.4 Å². The Labute approximate surface area is 165 Å². The van der Waals surface area contributed by atoms with Gasteiger partial charge in [-0.1, -0.05) is 6.07 Å². The second-order valence-corrected chi connectivity index (χ2v) is 6.63. The first-order valence-electron chi connectivity index (χ1n) is 7.89. The van der Waals surface area contributed by atoms with E-state index < -0.39 is 0 Å². The minimum Gasteiger partial charge on any atom is -0.332 e. The molecule has 4 rings (SSSR count). The van der Waals surface area contributed by atoms with Crippen molar-refractivity contribution < 1.29 is 4.79 Å². The molecule has 0 saturated carbocycles. The lowest BCUT2D eigenvalue weighted by Crippen LogP contribution is -1.94. The Morgan fingerprint density at radius 2 is 1.88 bits per heavy atom. The molecule has 0 aliphatic carbocycles. The third-order valence-corrected chi connectivity index (χ3v) is 4.75. The molecule has 3 heterocycles. The fourth-order valence-electron chi connectivity index (χ4n) is 2.77. The molecule has 7 heteroatoms. The molecule has 5 nitrogen and oxygen atoms in total. The van der Waals surface area contributed by atoms with Gasteiger partial charge in [-0.25, -0.2) is 9.97 Å². The van der Waals surface area contributed by atoms with Crippen LogP contribution in [0.5, 0.6) is 0 Å². The number of hydrogen-bond donors (Lipinski definition) is 1. The molecule has 3 aromatic heterocycles. The number of anilines is 2. The van der Waals surface area contributed by atoms with Crippen molar-refractivity contribution >= 4 is 50.6 Å². The van der Waals surface area contributed by atoms with Crippen LogP contribution in [-0.4, -0.2) is 20.2 Å². The Morgan fingerprint density at radius 3 is 2.62 bits per heavy atom. The van der Waals surface area contributed by atoms with Crippen LogP contribution in [-0.2, 0) is 0 Å². The lowest BCUT2D eigenvalue weighted by Gasteiger charge is -2.03. The van der Waals surface area contributed by atoms with Crippen LogP contribution < -0.4 is 5.32 Å². The third kappa shape index (κ3) is 3.40. The number of benzene rings is 1. The van der Waals surface area contributed by atoms with Crippen molar-refractivity contribution in [2.24, 2.45) is 0 Å². The number of carbonyl (C=O) groups excluding carboxylic acids is 1. The van der Waals surface area contributed by atoms with Crippen molar-refractivity contribution in [2.45, 2.75) is 13.8 Å². The Morgan fingerprint density at radius 1 is 1.12 bits per heavy atom. The second kappa shape index (κ2) is 7.39. The summed E-state index contributed by atoms with van der Waals surface area (Å²) in [7, 11) is 0. The number of nitrogens with zero attached hydrogens (tertiary/aromatic N) is 3. The van der Waals surface area contributed by atoms with Gasteiger partial charge in [-0.2, -0.15) is 0 Å². The lowest BCUT2D eigenvalue weighted by atomic mass is 10.1. The summed E-state index contributed by atoms with van der Waals surface area (Å²) in [5.41, 5.74) is 5.37. The molecule has 0 amide bonds. The van der Waals surface area contributed by atoms with Crippen LogP contribution in [0.4, 0.5) is 10.8 Å². The zero-order valence-corrected chi connectivity index (χ0v) is 16.8. The maximum absolute atomic E-state index is 11.3. The molecule has 0 aliphatic heterocycles. The summed E-state index contributed by atoms with van der Waals surface area (Å²) >= 11 is 1.54. The number of hydrogen-bond acceptors (Lipinski definition) is 5. The van der Waals surface area contributed by atoms with E-state index in [2.05, 4.69) is 14.7 Å². The third-order valence-electron chi connectivity index (χ3n) is 3.99. The van der Waals surface area contributed by atoms with Gasteiger partial charge in [0.25, 0.3) is 0 Å². The second-order valence-electron chi connectivity index (χ2n) is 5.77. The molecule has 0 radical (unpaired) electrons. The molecule has 0 saturated heterocycles. The zero-order valence-electron chi connectivity index (χ0n) is 14.3. The number of ketones is 1. The van der Waals surface area contributed by atoms with E-state index in [9.17, 15) is 4.79 Å². The fourth-order valence-corrected chi connectivity index (χ4v) is 3.49. The number of thiazole rings is 1. The van der Waals surface area contributed by atoms with E-state index in [0.29, 0.717) is 5.56 Å². The summed E-state index contributed by atoms with van der Waals surface area (Å²) in [5, 5.41) is 6.11. The molecule has 0 bridgehead atoms. The number of aryl methyl sites for hydroxylation is 1. The minimum atomic E-state index is 0. The van der Waals surface area contributed by atoms with E-state index in [1.807, 2.05) is 61.0 Å². The van der Waals surface area contributed by atoms with Gasteiger partial charge in [0.2, 0.25) is 0 Å². The van der Waals surface area contributed by atoms with Crippen LogP contribution in [0, 0.1) is 6.92 Å². The molecule has 0 unspecified atom stereocenters. The van der Waals surface area contributed by atoms with Gasteiger partial charge in [0, 0.05) is 22.8 Å². The maximum Gasteiger partial charge on any atom is 0.187 e. The summed E-state index contributed by atoms with van der Waals surface area (Å²) in [6, 6.07) is 13.3. The largest absolute Gasteiger partial charge is 0.332 e. The number of Topliss-reactive ketones (excluding diaryl/α,β-unsaturated/α-hetero) is 1. The normalized spacial score (nSPS) is 10.5. The highest BCUT2D eigenvalue weighted by Gasteiger charge is 2.14. The quantitative estimate of drug-likeness (QED) is 0.448. The molecule has 132 valence electrons. The number of nitrogens with one attached hydrogen (secondary N) is 1. The van der Waals surface area contributed by atoms with Gasteiger partial charge in [-0.15, -0.1) is 28.3 Å². The number of carbonyl (C=O) groups is 1. The average molecular weight is 429 g/mol. The molecule has 0 fully saturated rings. The van der Waals surface area contributed by atoms with Gasteiger partial charge < -0.3 is 5.32 Å². The summed E-state index contributed by atoms with van der Waals surface area (Å²) in [5.74, 6) is 0.0613. The van der Waals surface area contributed by atoms with Crippen LogP contribution >= 0.6 is 28.3 Å². The van der Waals surface area contributed by atoms with Crippen molar-refractivity contribution in [2.75, 3.05) is 5.32 Å². The van der Waals surface area contributed by atoms with Gasteiger partial charge in [-0.3, -0.25) is 9.20 Å². The van der Waals surface area contributed by atoms with E-state index in [1.165, 1.54) is 0 Å². The number of rotatable bonds is 4. The topological polar surface area (TPSA) is 59.3 Å². The van der Waals surface area contributed by atoms with Crippen LogP contribution in [0.25, 0.3) is 17.0 Å². The molecule has 0 aliphatic rings. The minimum absolute atomic E-state index is 0. The van der Waals surface area contributed by atoms with Gasteiger partial charge in [-0.05, 0) is 50.2 Å². The number of halogens is 1. The first-order valence-corrected chi connectivity index (χ1v) is 8.77. The number of pyridine rings is 1. The molecule has 26 heavy (non-hydrogen) atoms. The SMILES string of the molecule is Br.CC(=O)c1ccc(Nc2nc(-c3c(C)nc4ccccn34)cs2)cc1. The highest BCUT2D eigenvalue weighted by atomic mass is 79.9. The van der Waals surface area contributed by atoms with Gasteiger partial charge in [0.05, 0.1) is 11.4 Å². The monoisotopic (exact) mass is 428 g/mol. The standard InChI is InChI=1S/C19H16N4OS.BrH/c1-12-18(23-10-4-3-5-17(23)20-12)16-11-25-19(22-16)21-15-8-6-14(7-9-15)13(2)24;/h3-11H,1-2H3,(H,21,22);1H. The van der Waals surface area contributed by atoms with Crippen molar-refractivity contribution in [1.29, 1.82) is 0 Å². The predicted octanol–water partition coefficient (Wildman–Crippen LogP) is 5.29. The van der Waals surface area contributed by atoms with Crippen LogP contribution in [0.1, 0.15) is 23.0 Å². The number of fused-ring (bicyclic) bond motifs is 1. The summed E-state index contributed by atoms with van der Waals surface area (Å²) in [4.78, 5) is 20.6. The lowest BCUT2D eigenvalue weighted by molar-refractivity contribution is 0.101. The molecule has 1 aromatic carbocycles. The van der Waals surface area contributed by atoms with E-state index in [0.717, 1.165) is 33.5 Å². The van der Waals surface area contributed by atoms with E-state index in [4.69, 9.17) is 4.98 Å². The van der Waals surface area contributed by atoms with Crippen LogP contribution in [0.15, 0.2) is 54.0 Å². The molecule has 1 N–H and O–H groups in total. The van der Waals surface area contributed by atoms with E-state index in [-0.39, 0.29) is 22.8 Å². The summed E-state index contributed by atoms with van der Waals surface area (Å²) in [6.07, 6.45) is 2.00. The summed E-state index contributed by atoms with van der Waals surface area (Å²) < 4.78 is 2.05. The van der Waals surface area contributed by atoms with Gasteiger partial charge in [0.1, 0.15) is 11.3 Å². The zero-order chi connectivity index (χ0) is 17.4. The Hall–Kier alpha value is -2.51. The molecule has 0 spiro atoms. The first-order chi connectivity index (χ1) is 12.1. The molecule has 0 atom stereocenters. The summed E-state index contributed by atoms with van der Waals surface area (Å²) in [6.45, 7) is 3.56. The van der Waals surface area contributed by atoms with Crippen LogP contribution in [0.2, 0.25) is 0 Å². The van der Waals surface area contributed by atoms with Gasteiger partial charge >= 0.3 is 0 Å². The number of aromatic nitrogens is 3. The van der Waals surface area contributed by atoms with Crippen molar-refractivity contribution in [3.8, 4) is 11.4 Å². The maximum atomic E-state index is 11.3. The molecular formula is C19H17BrN4OS. The van der Waals surface area contributed by atoms with Crippen molar-refractivity contribution in [3.63, 3.8) is 0 Å². The highest BCUT2D eigenvalue weighted by molar-refractivity contribution is 8.93. The molecule has 4 aromatic rings.